The molecule has 1 saturated heterocycles. The molecule has 0 aliphatic carbocycles. The SMILES string of the molecule is Cc1[nH]ccc1C(=O)N1CCNC[C@@H]1C.Cl. The van der Waals surface area contributed by atoms with E-state index in [-0.39, 0.29) is 24.4 Å². The Balaban J connectivity index is 0.00000128. The van der Waals surface area contributed by atoms with E-state index in [9.17, 15) is 4.79 Å². The van der Waals surface area contributed by atoms with Gasteiger partial charge < -0.3 is 15.2 Å². The molecular weight excluding hydrogens is 226 g/mol. The van der Waals surface area contributed by atoms with Crippen molar-refractivity contribution in [2.45, 2.75) is 19.9 Å². The number of rotatable bonds is 1. The minimum absolute atomic E-state index is 0. The van der Waals surface area contributed by atoms with E-state index in [1.807, 2.05) is 24.1 Å². The van der Waals surface area contributed by atoms with Gasteiger partial charge in [0, 0.05) is 37.6 Å². The summed E-state index contributed by atoms with van der Waals surface area (Å²) in [6.07, 6.45) is 1.81. The number of amides is 1. The van der Waals surface area contributed by atoms with Crippen molar-refractivity contribution in [1.29, 1.82) is 0 Å². The van der Waals surface area contributed by atoms with Gasteiger partial charge in [0.2, 0.25) is 0 Å². The predicted molar refractivity (Wildman–Crippen MR) is 66.1 cm³/mol. The maximum Gasteiger partial charge on any atom is 0.255 e. The second kappa shape index (κ2) is 5.37. The molecule has 0 aromatic carbocycles. The minimum atomic E-state index is 0. The lowest BCUT2D eigenvalue weighted by Crippen LogP contribution is -2.52. The Hall–Kier alpha value is -1.00. The summed E-state index contributed by atoms with van der Waals surface area (Å²) in [6, 6.07) is 2.13. The molecule has 1 aromatic heterocycles. The molecule has 1 aromatic rings. The Kier molecular flexibility index (Phi) is 4.38. The molecule has 1 aliphatic rings. The van der Waals surface area contributed by atoms with Crippen LogP contribution in [0.3, 0.4) is 0 Å². The number of halogens is 1. The fourth-order valence-corrected chi connectivity index (χ4v) is 1.98. The van der Waals surface area contributed by atoms with Crippen molar-refractivity contribution in [3.8, 4) is 0 Å². The summed E-state index contributed by atoms with van der Waals surface area (Å²) in [6.45, 7) is 6.57. The molecule has 0 spiro atoms. The quantitative estimate of drug-likeness (QED) is 0.778. The second-order valence-electron chi connectivity index (χ2n) is 4.07. The summed E-state index contributed by atoms with van der Waals surface area (Å²) in [5.41, 5.74) is 1.74. The maximum atomic E-state index is 12.2. The van der Waals surface area contributed by atoms with Gasteiger partial charge in [-0.1, -0.05) is 0 Å². The number of nitrogens with one attached hydrogen (secondary N) is 2. The molecule has 2 heterocycles. The van der Waals surface area contributed by atoms with Crippen LogP contribution in [0.2, 0.25) is 0 Å². The van der Waals surface area contributed by atoms with Gasteiger partial charge in [0.1, 0.15) is 0 Å². The number of hydrogen-bond donors (Lipinski definition) is 2. The van der Waals surface area contributed by atoms with Crippen LogP contribution >= 0.6 is 12.4 Å². The van der Waals surface area contributed by atoms with Crippen LogP contribution < -0.4 is 5.32 Å². The van der Waals surface area contributed by atoms with Crippen molar-refractivity contribution in [1.82, 2.24) is 15.2 Å². The van der Waals surface area contributed by atoms with Crippen molar-refractivity contribution < 1.29 is 4.79 Å². The summed E-state index contributed by atoms with van der Waals surface area (Å²) >= 11 is 0. The van der Waals surface area contributed by atoms with Crippen LogP contribution in [0.5, 0.6) is 0 Å². The van der Waals surface area contributed by atoms with Crippen LogP contribution in [0.25, 0.3) is 0 Å². The zero-order valence-electron chi connectivity index (χ0n) is 9.62. The van der Waals surface area contributed by atoms with Crippen LogP contribution in [-0.2, 0) is 0 Å². The second-order valence-corrected chi connectivity index (χ2v) is 4.07. The molecule has 1 amide bonds. The highest BCUT2D eigenvalue weighted by Gasteiger charge is 2.25. The zero-order valence-corrected chi connectivity index (χ0v) is 10.4. The van der Waals surface area contributed by atoms with E-state index in [4.69, 9.17) is 0 Å². The first-order valence-corrected chi connectivity index (χ1v) is 5.36. The van der Waals surface area contributed by atoms with Crippen molar-refractivity contribution in [3.63, 3.8) is 0 Å². The summed E-state index contributed by atoms with van der Waals surface area (Å²) in [4.78, 5) is 17.1. The summed E-state index contributed by atoms with van der Waals surface area (Å²) < 4.78 is 0. The summed E-state index contributed by atoms with van der Waals surface area (Å²) in [7, 11) is 0. The Bertz CT molecular complexity index is 364. The average Bonchev–Trinajstić information content (AvgIpc) is 2.64. The molecule has 16 heavy (non-hydrogen) atoms. The number of carbonyl (C=O) groups is 1. The first-order chi connectivity index (χ1) is 7.20. The molecule has 0 radical (unpaired) electrons. The number of aromatic nitrogens is 1. The van der Waals surface area contributed by atoms with E-state index in [0.29, 0.717) is 0 Å². The van der Waals surface area contributed by atoms with Gasteiger partial charge in [-0.2, -0.15) is 0 Å². The lowest BCUT2D eigenvalue weighted by atomic mass is 10.1. The molecule has 0 unspecified atom stereocenters. The van der Waals surface area contributed by atoms with Gasteiger partial charge in [0.15, 0.2) is 0 Å². The number of aryl methyl sites for hydroxylation is 1. The molecule has 1 fully saturated rings. The molecule has 0 saturated carbocycles. The van der Waals surface area contributed by atoms with Gasteiger partial charge in [-0.3, -0.25) is 4.79 Å². The molecule has 1 atom stereocenters. The lowest BCUT2D eigenvalue weighted by Gasteiger charge is -2.34. The molecule has 2 rings (SSSR count). The lowest BCUT2D eigenvalue weighted by molar-refractivity contribution is 0.0655. The summed E-state index contributed by atoms with van der Waals surface area (Å²) in [5, 5.41) is 3.28. The number of H-pyrrole nitrogens is 1. The van der Waals surface area contributed by atoms with E-state index in [2.05, 4.69) is 17.2 Å². The average molecular weight is 244 g/mol. The van der Waals surface area contributed by atoms with Crippen LogP contribution in [-0.4, -0.2) is 41.5 Å². The van der Waals surface area contributed by atoms with Crippen LogP contribution in [0.4, 0.5) is 0 Å². The maximum absolute atomic E-state index is 12.2. The van der Waals surface area contributed by atoms with Gasteiger partial charge in [0.25, 0.3) is 5.91 Å². The van der Waals surface area contributed by atoms with E-state index in [1.54, 1.807) is 0 Å². The van der Waals surface area contributed by atoms with Crippen LogP contribution in [0, 0.1) is 6.92 Å². The number of piperazine rings is 1. The Morgan fingerprint density at radius 1 is 1.56 bits per heavy atom. The van der Waals surface area contributed by atoms with Crippen molar-refractivity contribution in [2.24, 2.45) is 0 Å². The van der Waals surface area contributed by atoms with Crippen LogP contribution in [0.15, 0.2) is 12.3 Å². The van der Waals surface area contributed by atoms with E-state index in [0.717, 1.165) is 30.9 Å². The Morgan fingerprint density at radius 2 is 2.31 bits per heavy atom. The Labute approximate surface area is 102 Å². The fraction of sp³-hybridized carbons (Fsp3) is 0.545. The third kappa shape index (κ3) is 2.39. The summed E-state index contributed by atoms with van der Waals surface area (Å²) in [5.74, 6) is 0.141. The first kappa shape index (κ1) is 13.1. The van der Waals surface area contributed by atoms with E-state index < -0.39 is 0 Å². The van der Waals surface area contributed by atoms with Gasteiger partial charge >= 0.3 is 0 Å². The molecule has 4 nitrogen and oxygen atoms in total. The highest BCUT2D eigenvalue weighted by atomic mass is 35.5. The monoisotopic (exact) mass is 243 g/mol. The van der Waals surface area contributed by atoms with Gasteiger partial charge in [0.05, 0.1) is 5.56 Å². The normalized spacial score (nSPS) is 20.4. The van der Waals surface area contributed by atoms with Gasteiger partial charge in [-0.05, 0) is 19.9 Å². The molecule has 2 N–H and O–H groups in total. The molecular formula is C11H18ClN3O. The van der Waals surface area contributed by atoms with Crippen molar-refractivity contribution in [2.75, 3.05) is 19.6 Å². The predicted octanol–water partition coefficient (Wildman–Crippen LogP) is 1.18. The Morgan fingerprint density at radius 3 is 2.88 bits per heavy atom. The zero-order chi connectivity index (χ0) is 10.8. The van der Waals surface area contributed by atoms with Gasteiger partial charge in [-0.15, -0.1) is 12.4 Å². The minimum Gasteiger partial charge on any atom is -0.365 e. The highest BCUT2D eigenvalue weighted by Crippen LogP contribution is 2.12. The molecule has 90 valence electrons. The van der Waals surface area contributed by atoms with Gasteiger partial charge in [-0.25, -0.2) is 0 Å². The van der Waals surface area contributed by atoms with Crippen molar-refractivity contribution >= 4 is 18.3 Å². The number of hydrogen-bond acceptors (Lipinski definition) is 2. The fourth-order valence-electron chi connectivity index (χ4n) is 1.98. The third-order valence-electron chi connectivity index (χ3n) is 2.95. The molecule has 1 aliphatic heterocycles. The molecule has 5 heteroatoms. The number of aromatic amines is 1. The largest absolute Gasteiger partial charge is 0.365 e. The van der Waals surface area contributed by atoms with Crippen LogP contribution in [0.1, 0.15) is 23.0 Å². The smallest absolute Gasteiger partial charge is 0.255 e. The third-order valence-corrected chi connectivity index (χ3v) is 2.95. The molecule has 0 bridgehead atoms. The highest BCUT2D eigenvalue weighted by molar-refractivity contribution is 5.95. The topological polar surface area (TPSA) is 48.1 Å². The van der Waals surface area contributed by atoms with Crippen molar-refractivity contribution in [3.05, 3.63) is 23.5 Å². The van der Waals surface area contributed by atoms with E-state index >= 15 is 0 Å². The number of carbonyl (C=O) groups excluding carboxylic acids is 1. The standard InChI is InChI=1S/C11H17N3O.ClH/c1-8-7-12-5-6-14(8)11(15)10-3-4-13-9(10)2;/h3-4,8,12-13H,5-7H2,1-2H3;1H/t8-;/m0./s1. The van der Waals surface area contributed by atoms with E-state index in [1.165, 1.54) is 0 Å². The first-order valence-electron chi connectivity index (χ1n) is 5.36. The number of nitrogens with zero attached hydrogens (tertiary/aromatic N) is 1.